The number of nitrogens with zero attached hydrogens (tertiary/aromatic N) is 1. The van der Waals surface area contributed by atoms with Crippen molar-refractivity contribution in [2.45, 2.75) is 25.9 Å². The Morgan fingerprint density at radius 1 is 1.62 bits per heavy atom. The second kappa shape index (κ2) is 2.27. The Hall–Kier alpha value is -0.370. The number of hydrogen-bond donors (Lipinski definition) is 1. The minimum absolute atomic E-state index is 0.478. The van der Waals surface area contributed by atoms with Crippen LogP contribution in [0.3, 0.4) is 0 Å². The first kappa shape index (κ1) is 5.76. The minimum atomic E-state index is 0.478. The zero-order chi connectivity index (χ0) is 5.98. The standard InChI is InChI=1S/C6H12N2/c1-5-3-8-6(2)4-7-5/h3,5-7H,4H2,1-2H3. The molecule has 0 saturated heterocycles. The van der Waals surface area contributed by atoms with E-state index in [9.17, 15) is 0 Å². The largest absolute Gasteiger partial charge is 0.307 e. The van der Waals surface area contributed by atoms with E-state index in [1.54, 1.807) is 0 Å². The SMILES string of the molecule is CC1CNC(C)C=N1. The average Bonchev–Trinajstić information content (AvgIpc) is 1.77. The lowest BCUT2D eigenvalue weighted by molar-refractivity contribution is 0.566. The van der Waals surface area contributed by atoms with Gasteiger partial charge in [-0.3, -0.25) is 4.99 Å². The lowest BCUT2D eigenvalue weighted by atomic mass is 10.2. The topological polar surface area (TPSA) is 24.4 Å². The van der Waals surface area contributed by atoms with Crippen LogP contribution in [0.15, 0.2) is 4.99 Å². The fourth-order valence-corrected chi connectivity index (χ4v) is 0.738. The maximum atomic E-state index is 4.22. The maximum absolute atomic E-state index is 4.22. The Morgan fingerprint density at radius 2 is 2.38 bits per heavy atom. The van der Waals surface area contributed by atoms with E-state index in [2.05, 4.69) is 24.2 Å². The van der Waals surface area contributed by atoms with Crippen LogP contribution >= 0.6 is 0 Å². The van der Waals surface area contributed by atoms with Crippen molar-refractivity contribution in [1.29, 1.82) is 0 Å². The Bertz CT molecular complexity index is 86.7. The molecule has 0 saturated carbocycles. The molecule has 1 aliphatic heterocycles. The molecule has 0 amide bonds. The molecule has 1 aliphatic rings. The van der Waals surface area contributed by atoms with Crippen molar-refractivity contribution in [3.8, 4) is 0 Å². The average molecular weight is 112 g/mol. The fraction of sp³-hybridized carbons (Fsp3) is 0.833. The van der Waals surface area contributed by atoms with Crippen molar-refractivity contribution in [3.05, 3.63) is 0 Å². The molecule has 0 aromatic carbocycles. The third kappa shape index (κ3) is 1.30. The summed E-state index contributed by atoms with van der Waals surface area (Å²) in [6, 6.07) is 0.956. The quantitative estimate of drug-likeness (QED) is 0.483. The van der Waals surface area contributed by atoms with Crippen LogP contribution in [0.25, 0.3) is 0 Å². The predicted octanol–water partition coefficient (Wildman–Crippen LogP) is 0.437. The molecule has 2 atom stereocenters. The molecule has 0 aromatic heterocycles. The van der Waals surface area contributed by atoms with E-state index in [1.165, 1.54) is 0 Å². The molecular formula is C6H12N2. The highest BCUT2D eigenvalue weighted by Gasteiger charge is 2.05. The minimum Gasteiger partial charge on any atom is -0.307 e. The normalized spacial score (nSPS) is 37.8. The van der Waals surface area contributed by atoms with Crippen molar-refractivity contribution in [3.63, 3.8) is 0 Å². The van der Waals surface area contributed by atoms with Crippen LogP contribution in [0.2, 0.25) is 0 Å². The summed E-state index contributed by atoms with van der Waals surface area (Å²) < 4.78 is 0. The van der Waals surface area contributed by atoms with Crippen molar-refractivity contribution >= 4 is 6.21 Å². The van der Waals surface area contributed by atoms with Crippen molar-refractivity contribution in [2.75, 3.05) is 6.54 Å². The van der Waals surface area contributed by atoms with E-state index < -0.39 is 0 Å². The predicted molar refractivity (Wildman–Crippen MR) is 35.4 cm³/mol. The summed E-state index contributed by atoms with van der Waals surface area (Å²) in [7, 11) is 0. The second-order valence-electron chi connectivity index (χ2n) is 2.34. The fourth-order valence-electron chi connectivity index (χ4n) is 0.738. The Labute approximate surface area is 50.0 Å². The summed E-state index contributed by atoms with van der Waals surface area (Å²) in [6.45, 7) is 5.24. The van der Waals surface area contributed by atoms with Gasteiger partial charge in [0.05, 0.1) is 6.04 Å². The molecule has 0 radical (unpaired) electrons. The molecule has 2 unspecified atom stereocenters. The molecule has 0 aliphatic carbocycles. The molecule has 0 spiro atoms. The highest BCUT2D eigenvalue weighted by Crippen LogP contribution is 1.92. The van der Waals surface area contributed by atoms with E-state index in [4.69, 9.17) is 0 Å². The second-order valence-corrected chi connectivity index (χ2v) is 2.34. The first-order valence-electron chi connectivity index (χ1n) is 3.05. The summed E-state index contributed by atoms with van der Waals surface area (Å²) in [5.74, 6) is 0. The van der Waals surface area contributed by atoms with Crippen LogP contribution in [0.4, 0.5) is 0 Å². The van der Waals surface area contributed by atoms with Crippen LogP contribution < -0.4 is 5.32 Å². The van der Waals surface area contributed by atoms with Crippen LogP contribution in [0.5, 0.6) is 0 Å². The van der Waals surface area contributed by atoms with Crippen molar-refractivity contribution < 1.29 is 0 Å². The van der Waals surface area contributed by atoms with E-state index in [-0.39, 0.29) is 0 Å². The monoisotopic (exact) mass is 112 g/mol. The van der Waals surface area contributed by atoms with Gasteiger partial charge in [0.15, 0.2) is 0 Å². The summed E-state index contributed by atoms with van der Waals surface area (Å²) in [5.41, 5.74) is 0. The number of hydrogen-bond acceptors (Lipinski definition) is 2. The van der Waals surface area contributed by atoms with Crippen LogP contribution in [0, 0.1) is 0 Å². The third-order valence-corrected chi connectivity index (χ3v) is 1.30. The molecule has 1 rings (SSSR count). The van der Waals surface area contributed by atoms with E-state index in [0.29, 0.717) is 12.1 Å². The molecule has 1 heterocycles. The molecule has 1 N–H and O–H groups in total. The van der Waals surface area contributed by atoms with Gasteiger partial charge in [-0.1, -0.05) is 0 Å². The smallest absolute Gasteiger partial charge is 0.0592 e. The molecule has 0 aromatic rings. The lowest BCUT2D eigenvalue weighted by Crippen LogP contribution is -2.37. The summed E-state index contributed by atoms with van der Waals surface area (Å²) in [6.07, 6.45) is 1.97. The Kier molecular flexibility index (Phi) is 1.63. The molecular weight excluding hydrogens is 100 g/mol. The van der Waals surface area contributed by atoms with E-state index in [1.807, 2.05) is 6.21 Å². The summed E-state index contributed by atoms with van der Waals surface area (Å²) >= 11 is 0. The van der Waals surface area contributed by atoms with Crippen molar-refractivity contribution in [2.24, 2.45) is 4.99 Å². The Balaban J connectivity index is 2.42. The molecule has 2 heteroatoms. The molecule has 0 bridgehead atoms. The van der Waals surface area contributed by atoms with Gasteiger partial charge in [0.2, 0.25) is 0 Å². The van der Waals surface area contributed by atoms with Gasteiger partial charge in [0.25, 0.3) is 0 Å². The van der Waals surface area contributed by atoms with Gasteiger partial charge in [0, 0.05) is 18.8 Å². The van der Waals surface area contributed by atoms with Crippen LogP contribution in [-0.2, 0) is 0 Å². The highest BCUT2D eigenvalue weighted by atomic mass is 15.0. The van der Waals surface area contributed by atoms with Gasteiger partial charge < -0.3 is 5.32 Å². The number of rotatable bonds is 0. The summed E-state index contributed by atoms with van der Waals surface area (Å²) in [5, 5.41) is 3.28. The third-order valence-electron chi connectivity index (χ3n) is 1.30. The van der Waals surface area contributed by atoms with Crippen LogP contribution in [-0.4, -0.2) is 24.8 Å². The molecule has 0 fully saturated rings. The highest BCUT2D eigenvalue weighted by molar-refractivity contribution is 5.64. The molecule has 2 nitrogen and oxygen atoms in total. The first-order chi connectivity index (χ1) is 3.79. The van der Waals surface area contributed by atoms with Gasteiger partial charge in [0.1, 0.15) is 0 Å². The first-order valence-corrected chi connectivity index (χ1v) is 3.05. The van der Waals surface area contributed by atoms with Gasteiger partial charge in [-0.25, -0.2) is 0 Å². The van der Waals surface area contributed by atoms with E-state index >= 15 is 0 Å². The zero-order valence-electron chi connectivity index (χ0n) is 5.39. The Morgan fingerprint density at radius 3 is 2.75 bits per heavy atom. The van der Waals surface area contributed by atoms with Crippen LogP contribution in [0.1, 0.15) is 13.8 Å². The molecule has 46 valence electrons. The lowest BCUT2D eigenvalue weighted by Gasteiger charge is -2.17. The summed E-state index contributed by atoms with van der Waals surface area (Å²) in [4.78, 5) is 4.22. The van der Waals surface area contributed by atoms with E-state index in [0.717, 1.165) is 6.54 Å². The van der Waals surface area contributed by atoms with Gasteiger partial charge in [-0.05, 0) is 13.8 Å². The van der Waals surface area contributed by atoms with Gasteiger partial charge in [-0.2, -0.15) is 0 Å². The van der Waals surface area contributed by atoms with Gasteiger partial charge in [-0.15, -0.1) is 0 Å². The number of nitrogens with one attached hydrogen (secondary N) is 1. The zero-order valence-corrected chi connectivity index (χ0v) is 5.39. The maximum Gasteiger partial charge on any atom is 0.0592 e. The van der Waals surface area contributed by atoms with Gasteiger partial charge >= 0.3 is 0 Å². The molecule has 8 heavy (non-hydrogen) atoms. The number of aliphatic imine (C=N–C) groups is 1. The van der Waals surface area contributed by atoms with Crippen molar-refractivity contribution in [1.82, 2.24) is 5.32 Å².